The minimum atomic E-state index is -1.22. The van der Waals surface area contributed by atoms with Crippen LogP contribution in [0.2, 0.25) is 0 Å². The lowest BCUT2D eigenvalue weighted by molar-refractivity contribution is -0.170. The molecule has 1 unspecified atom stereocenters. The third-order valence-electron chi connectivity index (χ3n) is 13.7. The van der Waals surface area contributed by atoms with E-state index in [1.165, 1.54) is 10.0 Å². The third-order valence-corrected chi connectivity index (χ3v) is 13.7. The molecule has 20 heteroatoms. The van der Waals surface area contributed by atoms with Gasteiger partial charge in [-0.15, -0.1) is 0 Å². The van der Waals surface area contributed by atoms with E-state index in [1.54, 1.807) is 10.0 Å². The molecule has 0 saturated carbocycles. The number of hydrogen-bond acceptors (Lipinski definition) is 13. The van der Waals surface area contributed by atoms with E-state index in [4.69, 9.17) is 14.6 Å². The highest BCUT2D eigenvalue weighted by atomic mass is 16.7. The fraction of sp³-hybridized carbons (Fsp3) is 0.436. The van der Waals surface area contributed by atoms with Crippen LogP contribution in [-0.2, 0) is 72.1 Å². The predicted octanol–water partition coefficient (Wildman–Crippen LogP) is 3.37. The van der Waals surface area contributed by atoms with Crippen LogP contribution >= 0.6 is 0 Å². The molecule has 5 N–H and O–H groups in total. The normalized spacial score (nSPS) is 22.9. The summed E-state index contributed by atoms with van der Waals surface area (Å²) in [5, 5.41) is 26.2. The smallest absolute Gasteiger partial charge is 0.310 e. The quantitative estimate of drug-likeness (QED) is 0.0906. The number of carboxylic acid groups (broad SMARTS) is 1. The average molecular weight is 1030 g/mol. The Morgan fingerprint density at radius 1 is 0.667 bits per heavy atom. The summed E-state index contributed by atoms with van der Waals surface area (Å²) >= 11 is 0. The number of ether oxygens (including phenoxy) is 2. The van der Waals surface area contributed by atoms with Gasteiger partial charge in [-0.1, -0.05) is 104 Å². The number of nitrogens with zero attached hydrogens (tertiary/aromatic N) is 4. The molecule has 5 saturated heterocycles. The number of hydrogen-bond donors (Lipinski definition) is 5. The summed E-state index contributed by atoms with van der Waals surface area (Å²) in [6.45, 7) is 9.47. The van der Waals surface area contributed by atoms with Crippen LogP contribution < -0.4 is 21.3 Å². The van der Waals surface area contributed by atoms with E-state index >= 15 is 0 Å². The highest BCUT2D eigenvalue weighted by Crippen LogP contribution is 2.31. The van der Waals surface area contributed by atoms with Crippen molar-refractivity contribution < 1.29 is 57.7 Å². The molecule has 20 nitrogen and oxygen atoms in total. The Morgan fingerprint density at radius 2 is 1.13 bits per heavy atom. The molecule has 398 valence electrons. The number of allylic oxidation sites excluding steroid dienone is 2. The van der Waals surface area contributed by atoms with E-state index in [-0.39, 0.29) is 43.6 Å². The number of amides is 6. The fourth-order valence-corrected chi connectivity index (χ4v) is 9.80. The molecule has 75 heavy (non-hydrogen) atoms. The van der Waals surface area contributed by atoms with Crippen LogP contribution in [0.25, 0.3) is 0 Å². The van der Waals surface area contributed by atoms with E-state index in [9.17, 15) is 43.2 Å². The van der Waals surface area contributed by atoms with Crippen LogP contribution in [0.4, 0.5) is 0 Å². The summed E-state index contributed by atoms with van der Waals surface area (Å²) in [6, 6.07) is 23.5. The number of esters is 1. The number of aldehydes is 1. The summed E-state index contributed by atoms with van der Waals surface area (Å²) in [5.41, 5.74) is 4.35. The first-order chi connectivity index (χ1) is 36.2. The van der Waals surface area contributed by atoms with Crippen molar-refractivity contribution in [2.24, 2.45) is 0 Å². The van der Waals surface area contributed by atoms with E-state index in [2.05, 4.69) is 34.4 Å². The highest BCUT2D eigenvalue weighted by molar-refractivity contribution is 5.94. The number of benzene rings is 3. The van der Waals surface area contributed by atoms with E-state index in [0.29, 0.717) is 89.3 Å². The van der Waals surface area contributed by atoms with E-state index in [1.807, 2.05) is 91.0 Å². The number of carbonyl (C=O) groups excluding carboxylic acids is 8. The van der Waals surface area contributed by atoms with Gasteiger partial charge in [-0.3, -0.25) is 48.4 Å². The van der Waals surface area contributed by atoms with Gasteiger partial charge >= 0.3 is 11.9 Å². The van der Waals surface area contributed by atoms with Crippen molar-refractivity contribution >= 4 is 53.7 Å². The summed E-state index contributed by atoms with van der Waals surface area (Å²) in [7, 11) is 0. The van der Waals surface area contributed by atoms with Gasteiger partial charge in [0, 0.05) is 37.3 Å². The molecular weight excluding hydrogens is 965 g/mol. The maximum absolute atomic E-state index is 13.8. The number of aryl methyl sites for hydroxylation is 2. The Kier molecular flexibility index (Phi) is 19.3. The van der Waals surface area contributed by atoms with Gasteiger partial charge < -0.3 is 40.6 Å². The second-order valence-electron chi connectivity index (χ2n) is 19.2. The average Bonchev–Trinajstić information content (AvgIpc) is 3.66. The predicted molar refractivity (Wildman–Crippen MR) is 271 cm³/mol. The fourth-order valence-electron chi connectivity index (χ4n) is 9.80. The minimum absolute atomic E-state index is 0.0254. The lowest BCUT2D eigenvalue weighted by Gasteiger charge is -2.45. The maximum atomic E-state index is 13.8. The largest absolute Gasteiger partial charge is 0.481 e. The van der Waals surface area contributed by atoms with Crippen molar-refractivity contribution in [3.63, 3.8) is 0 Å². The van der Waals surface area contributed by atoms with Crippen molar-refractivity contribution in [2.45, 2.75) is 139 Å². The van der Waals surface area contributed by atoms with Crippen molar-refractivity contribution in [3.05, 3.63) is 132 Å². The molecule has 0 spiro atoms. The van der Waals surface area contributed by atoms with Crippen LogP contribution in [0.1, 0.15) is 93.7 Å². The number of aliphatic carboxylic acids is 1. The monoisotopic (exact) mass is 1030 g/mol. The summed E-state index contributed by atoms with van der Waals surface area (Å²) < 4.78 is 11.2. The number of carbonyl (C=O) groups is 9. The Labute approximate surface area is 435 Å². The molecule has 5 fully saturated rings. The third kappa shape index (κ3) is 14.9. The van der Waals surface area contributed by atoms with Crippen LogP contribution in [-0.4, -0.2) is 134 Å². The first-order valence-corrected chi connectivity index (χ1v) is 25.5. The molecule has 3 aromatic carbocycles. The van der Waals surface area contributed by atoms with E-state index in [0.717, 1.165) is 22.4 Å². The molecule has 6 amide bonds. The topological polar surface area (TPSA) is 253 Å². The number of rotatable bonds is 18. The number of cyclic esters (lactones) is 1. The molecule has 0 aromatic heterocycles. The standard InChI is InChI=1S/C31H36N4O6.C24H30N4O6/c1-21-14-16-24(32-27(36)17-15-22-9-4-2-5-10-22)30(39)35-26(13-8-18-34(21)35)29(38)33-25-19-28(37)41-31(25)40-20-23-11-6-3-7-12-23;1-16-9-11-19(26-21(30)12-10-17-6-3-2-4-7-17)24(34)28-20(8-5-13-27(16)28)23(33)25-18(15-29)14-22(31)32/h2-7,9-12,24-26,31H,1,8,13-20H2,(H,32,36)(H,33,38);2-4,6-7,15,18-20H,1,5,8-14H2,(H,25,33)(H,26,30)(H,31,32)/t24-,25-,26-,31?;18-,19-,20-/m00/s1. The molecule has 7 atom stereocenters. The number of fused-ring (bicyclic) bond motifs is 2. The van der Waals surface area contributed by atoms with Gasteiger partial charge in [0.25, 0.3) is 11.8 Å². The lowest BCUT2D eigenvalue weighted by Crippen LogP contribution is -2.63. The van der Waals surface area contributed by atoms with Crippen LogP contribution in [0.15, 0.2) is 116 Å². The Balaban J connectivity index is 0.000000223. The maximum Gasteiger partial charge on any atom is 0.310 e. The summed E-state index contributed by atoms with van der Waals surface area (Å²) in [6.07, 6.45) is 4.25. The SMILES string of the molecule is C=C1CC[C@H](NC(=O)CCc2ccccc2)C(=O)N2[C@H](C(=O)N[C@H](C=O)CC(=O)O)CCCN12.C=C1CC[C@H](NC(=O)CCc2ccccc2)C(=O)N2[C@H](C(=O)N[C@H]3CC(=O)OC3OCc3ccccc3)CCCN12. The minimum Gasteiger partial charge on any atom is -0.481 e. The second kappa shape index (κ2) is 26.4. The molecule has 3 aromatic rings. The van der Waals surface area contributed by atoms with Gasteiger partial charge in [-0.2, -0.15) is 0 Å². The molecule has 0 radical (unpaired) electrons. The molecule has 5 heterocycles. The Hall–Kier alpha value is -7.87. The molecular formula is C55H66N8O12. The van der Waals surface area contributed by atoms with Crippen LogP contribution in [0, 0.1) is 0 Å². The van der Waals surface area contributed by atoms with Crippen LogP contribution in [0.5, 0.6) is 0 Å². The molecule has 0 bridgehead atoms. The highest BCUT2D eigenvalue weighted by Gasteiger charge is 2.46. The lowest BCUT2D eigenvalue weighted by atomic mass is 10.0. The zero-order valence-electron chi connectivity index (χ0n) is 41.9. The van der Waals surface area contributed by atoms with Crippen molar-refractivity contribution in [2.75, 3.05) is 13.1 Å². The summed E-state index contributed by atoms with van der Waals surface area (Å²) in [4.78, 5) is 114. The van der Waals surface area contributed by atoms with Crippen molar-refractivity contribution in [1.29, 1.82) is 0 Å². The molecule has 0 aliphatic carbocycles. The molecule has 8 rings (SSSR count). The summed E-state index contributed by atoms with van der Waals surface area (Å²) in [5.74, 6) is -3.94. The zero-order valence-corrected chi connectivity index (χ0v) is 41.9. The van der Waals surface area contributed by atoms with Gasteiger partial charge in [0.2, 0.25) is 29.9 Å². The van der Waals surface area contributed by atoms with Gasteiger partial charge in [-0.05, 0) is 80.9 Å². The number of nitrogens with one attached hydrogen (secondary N) is 4. The van der Waals surface area contributed by atoms with Gasteiger partial charge in [0.1, 0.15) is 36.5 Å². The molecule has 5 aliphatic heterocycles. The Bertz CT molecular complexity index is 2570. The van der Waals surface area contributed by atoms with Crippen molar-refractivity contribution in [1.82, 2.24) is 41.3 Å². The van der Waals surface area contributed by atoms with Crippen LogP contribution in [0.3, 0.4) is 0 Å². The number of hydrazine groups is 2. The Morgan fingerprint density at radius 3 is 1.60 bits per heavy atom. The zero-order chi connectivity index (χ0) is 53.4. The van der Waals surface area contributed by atoms with Gasteiger partial charge in [-0.25, -0.2) is 10.0 Å². The van der Waals surface area contributed by atoms with Gasteiger partial charge in [0.05, 0.1) is 25.5 Å². The molecule has 5 aliphatic rings. The van der Waals surface area contributed by atoms with Crippen molar-refractivity contribution in [3.8, 4) is 0 Å². The first kappa shape index (κ1) is 54.9. The number of carboxylic acids is 1. The van der Waals surface area contributed by atoms with E-state index < -0.39 is 78.6 Å². The van der Waals surface area contributed by atoms with Gasteiger partial charge in [0.15, 0.2) is 0 Å². The first-order valence-electron chi connectivity index (χ1n) is 25.5. The second-order valence-corrected chi connectivity index (χ2v) is 19.2.